The van der Waals surface area contributed by atoms with Crippen molar-refractivity contribution in [3.63, 3.8) is 0 Å². The van der Waals surface area contributed by atoms with E-state index in [4.69, 9.17) is 5.11 Å². The molecule has 0 aliphatic heterocycles. The average Bonchev–Trinajstić information content (AvgIpc) is 2.54. The number of amides is 1. The standard InChI is InChI=1S/C11H19N3O2/c1-7(15)5-6-14(4)11(16)10-8(2)12-13-9(10)3/h7,15H,5-6H2,1-4H3,(H,12,13). The highest BCUT2D eigenvalue weighted by Crippen LogP contribution is 2.12. The van der Waals surface area contributed by atoms with Crippen molar-refractivity contribution in [1.29, 1.82) is 0 Å². The van der Waals surface area contributed by atoms with Crippen molar-refractivity contribution in [3.05, 3.63) is 17.0 Å². The number of H-pyrrole nitrogens is 1. The summed E-state index contributed by atoms with van der Waals surface area (Å²) in [6.45, 7) is 5.89. The van der Waals surface area contributed by atoms with Crippen molar-refractivity contribution in [2.24, 2.45) is 0 Å². The molecule has 0 radical (unpaired) electrons. The van der Waals surface area contributed by atoms with Gasteiger partial charge < -0.3 is 10.0 Å². The van der Waals surface area contributed by atoms with Crippen molar-refractivity contribution in [2.75, 3.05) is 13.6 Å². The van der Waals surface area contributed by atoms with E-state index in [0.717, 1.165) is 5.69 Å². The number of carbonyl (C=O) groups excluding carboxylic acids is 1. The molecule has 2 N–H and O–H groups in total. The van der Waals surface area contributed by atoms with Gasteiger partial charge in [-0.25, -0.2) is 0 Å². The van der Waals surface area contributed by atoms with E-state index >= 15 is 0 Å². The van der Waals surface area contributed by atoms with Crippen LogP contribution in [0.3, 0.4) is 0 Å². The van der Waals surface area contributed by atoms with E-state index < -0.39 is 0 Å². The fourth-order valence-electron chi connectivity index (χ4n) is 1.54. The molecular weight excluding hydrogens is 206 g/mol. The predicted molar refractivity (Wildman–Crippen MR) is 61.3 cm³/mol. The van der Waals surface area contributed by atoms with E-state index in [1.165, 1.54) is 0 Å². The molecule has 1 aromatic rings. The van der Waals surface area contributed by atoms with Crippen LogP contribution in [-0.2, 0) is 0 Å². The Balaban J connectivity index is 2.71. The van der Waals surface area contributed by atoms with Gasteiger partial charge in [-0.05, 0) is 27.2 Å². The van der Waals surface area contributed by atoms with Crippen molar-refractivity contribution in [2.45, 2.75) is 33.3 Å². The van der Waals surface area contributed by atoms with Crippen LogP contribution in [0.15, 0.2) is 0 Å². The number of nitrogens with one attached hydrogen (secondary N) is 1. The Morgan fingerprint density at radius 1 is 1.56 bits per heavy atom. The Labute approximate surface area is 95.5 Å². The lowest BCUT2D eigenvalue weighted by Gasteiger charge is -2.18. The number of aromatic nitrogens is 2. The van der Waals surface area contributed by atoms with Crippen LogP contribution in [0.4, 0.5) is 0 Å². The zero-order valence-corrected chi connectivity index (χ0v) is 10.2. The molecule has 0 aliphatic carbocycles. The minimum Gasteiger partial charge on any atom is -0.393 e. The molecule has 0 saturated carbocycles. The number of aliphatic hydroxyl groups is 1. The van der Waals surface area contributed by atoms with Crippen LogP contribution < -0.4 is 0 Å². The molecule has 0 saturated heterocycles. The highest BCUT2D eigenvalue weighted by molar-refractivity contribution is 5.96. The fourth-order valence-corrected chi connectivity index (χ4v) is 1.54. The van der Waals surface area contributed by atoms with Gasteiger partial charge in [0.1, 0.15) is 0 Å². The number of carbonyl (C=O) groups is 1. The fraction of sp³-hybridized carbons (Fsp3) is 0.636. The third-order valence-corrected chi connectivity index (χ3v) is 2.57. The van der Waals surface area contributed by atoms with Gasteiger partial charge in [0.25, 0.3) is 5.91 Å². The number of aromatic amines is 1. The van der Waals surface area contributed by atoms with Gasteiger partial charge in [-0.15, -0.1) is 0 Å². The minimum atomic E-state index is -0.387. The molecule has 0 bridgehead atoms. The molecule has 5 heteroatoms. The molecule has 16 heavy (non-hydrogen) atoms. The van der Waals surface area contributed by atoms with Gasteiger partial charge in [-0.2, -0.15) is 5.10 Å². The van der Waals surface area contributed by atoms with Gasteiger partial charge in [0.2, 0.25) is 0 Å². The molecule has 1 unspecified atom stereocenters. The van der Waals surface area contributed by atoms with Crippen LogP contribution in [0.5, 0.6) is 0 Å². The Morgan fingerprint density at radius 2 is 2.19 bits per heavy atom. The van der Waals surface area contributed by atoms with Crippen LogP contribution in [0.1, 0.15) is 35.1 Å². The topological polar surface area (TPSA) is 69.2 Å². The molecule has 0 fully saturated rings. The Hall–Kier alpha value is -1.36. The molecule has 1 aromatic heterocycles. The summed E-state index contributed by atoms with van der Waals surface area (Å²) in [5.74, 6) is -0.0515. The number of hydrogen-bond donors (Lipinski definition) is 2. The molecule has 1 amide bonds. The van der Waals surface area contributed by atoms with Gasteiger partial charge in [-0.3, -0.25) is 9.89 Å². The maximum absolute atomic E-state index is 12.0. The monoisotopic (exact) mass is 225 g/mol. The molecule has 1 rings (SSSR count). The second-order valence-corrected chi connectivity index (χ2v) is 4.17. The van der Waals surface area contributed by atoms with Gasteiger partial charge in [0.05, 0.1) is 17.4 Å². The van der Waals surface area contributed by atoms with Gasteiger partial charge in [-0.1, -0.05) is 0 Å². The van der Waals surface area contributed by atoms with Gasteiger partial charge in [0.15, 0.2) is 0 Å². The van der Waals surface area contributed by atoms with E-state index in [9.17, 15) is 4.79 Å². The lowest BCUT2D eigenvalue weighted by Crippen LogP contribution is -2.30. The third-order valence-electron chi connectivity index (χ3n) is 2.57. The lowest BCUT2D eigenvalue weighted by atomic mass is 10.1. The van der Waals surface area contributed by atoms with Gasteiger partial charge >= 0.3 is 0 Å². The quantitative estimate of drug-likeness (QED) is 0.798. The maximum atomic E-state index is 12.0. The molecule has 0 spiro atoms. The molecular formula is C11H19N3O2. The summed E-state index contributed by atoms with van der Waals surface area (Å²) in [5, 5.41) is 15.9. The molecule has 1 heterocycles. The SMILES string of the molecule is Cc1n[nH]c(C)c1C(=O)N(C)CCC(C)O. The summed E-state index contributed by atoms with van der Waals surface area (Å²) in [6, 6.07) is 0. The Kier molecular flexibility index (Phi) is 4.06. The van der Waals surface area contributed by atoms with Crippen LogP contribution >= 0.6 is 0 Å². The smallest absolute Gasteiger partial charge is 0.257 e. The van der Waals surface area contributed by atoms with Crippen molar-refractivity contribution in [3.8, 4) is 0 Å². The highest BCUT2D eigenvalue weighted by Gasteiger charge is 2.18. The largest absolute Gasteiger partial charge is 0.393 e. The average molecular weight is 225 g/mol. The van der Waals surface area contributed by atoms with Crippen LogP contribution in [0.2, 0.25) is 0 Å². The lowest BCUT2D eigenvalue weighted by molar-refractivity contribution is 0.0767. The summed E-state index contributed by atoms with van der Waals surface area (Å²) in [6.07, 6.45) is 0.194. The minimum absolute atomic E-state index is 0.0515. The zero-order valence-electron chi connectivity index (χ0n) is 10.2. The third kappa shape index (κ3) is 2.82. The van der Waals surface area contributed by atoms with Crippen LogP contribution in [0.25, 0.3) is 0 Å². The number of rotatable bonds is 4. The first kappa shape index (κ1) is 12.7. The summed E-state index contributed by atoms with van der Waals surface area (Å²) in [4.78, 5) is 13.7. The second-order valence-electron chi connectivity index (χ2n) is 4.17. The second kappa shape index (κ2) is 5.12. The van der Waals surface area contributed by atoms with Crippen molar-refractivity contribution in [1.82, 2.24) is 15.1 Å². The summed E-state index contributed by atoms with van der Waals surface area (Å²) < 4.78 is 0. The van der Waals surface area contributed by atoms with E-state index in [0.29, 0.717) is 24.2 Å². The van der Waals surface area contributed by atoms with E-state index in [1.807, 2.05) is 6.92 Å². The zero-order chi connectivity index (χ0) is 12.3. The predicted octanol–water partition coefficient (Wildman–Crippen LogP) is 0.869. The highest BCUT2D eigenvalue weighted by atomic mass is 16.3. The Bertz CT molecular complexity index is 352. The van der Waals surface area contributed by atoms with Crippen LogP contribution in [0, 0.1) is 13.8 Å². The Morgan fingerprint density at radius 3 is 2.62 bits per heavy atom. The molecule has 1 atom stereocenters. The normalized spacial score (nSPS) is 12.6. The number of aryl methyl sites for hydroxylation is 2. The summed E-state index contributed by atoms with van der Waals surface area (Å²) in [5.41, 5.74) is 2.13. The number of hydrogen-bond acceptors (Lipinski definition) is 3. The summed E-state index contributed by atoms with van der Waals surface area (Å²) >= 11 is 0. The van der Waals surface area contributed by atoms with E-state index in [-0.39, 0.29) is 12.0 Å². The van der Waals surface area contributed by atoms with Crippen molar-refractivity contribution < 1.29 is 9.90 Å². The number of aliphatic hydroxyl groups excluding tert-OH is 1. The first-order valence-corrected chi connectivity index (χ1v) is 5.38. The summed E-state index contributed by atoms with van der Waals surface area (Å²) in [7, 11) is 1.73. The van der Waals surface area contributed by atoms with E-state index in [2.05, 4.69) is 10.2 Å². The molecule has 90 valence electrons. The maximum Gasteiger partial charge on any atom is 0.257 e. The first-order chi connectivity index (χ1) is 7.43. The van der Waals surface area contributed by atoms with Crippen molar-refractivity contribution >= 4 is 5.91 Å². The van der Waals surface area contributed by atoms with E-state index in [1.54, 1.807) is 25.8 Å². The van der Waals surface area contributed by atoms with Gasteiger partial charge in [0, 0.05) is 19.3 Å². The van der Waals surface area contributed by atoms with Crippen LogP contribution in [-0.4, -0.2) is 45.8 Å². The molecule has 0 aliphatic rings. The molecule has 5 nitrogen and oxygen atoms in total. The first-order valence-electron chi connectivity index (χ1n) is 5.38. The number of nitrogens with zero attached hydrogens (tertiary/aromatic N) is 2. The molecule has 0 aromatic carbocycles.